The molecule has 0 aliphatic rings. The fourth-order valence-electron chi connectivity index (χ4n) is 1.98. The van der Waals surface area contributed by atoms with Crippen LogP contribution in [0.25, 0.3) is 0 Å². The summed E-state index contributed by atoms with van der Waals surface area (Å²) in [4.78, 5) is 15.0. The minimum atomic E-state index is -0.300. The molecule has 0 unspecified atom stereocenters. The Balaban J connectivity index is 2.00. The summed E-state index contributed by atoms with van der Waals surface area (Å²) in [7, 11) is 0. The van der Waals surface area contributed by atoms with Crippen molar-refractivity contribution in [2.75, 3.05) is 11.4 Å². The lowest BCUT2D eigenvalue weighted by molar-refractivity contribution is -0.118. The first kappa shape index (κ1) is 15.0. The second-order valence-electron chi connectivity index (χ2n) is 4.32. The second-order valence-corrected chi connectivity index (χ2v) is 6.12. The summed E-state index contributed by atoms with van der Waals surface area (Å²) in [6.45, 7) is 2.47. The number of nitrogens with zero attached hydrogens (tertiary/aromatic N) is 1. The van der Waals surface area contributed by atoms with Crippen LogP contribution in [0.5, 0.6) is 0 Å². The molecule has 1 aromatic carbocycles. The highest BCUT2D eigenvalue weighted by atomic mass is 35.5. The smallest absolute Gasteiger partial charge is 0.227 e. The van der Waals surface area contributed by atoms with Gasteiger partial charge < -0.3 is 4.90 Å². The minimum Gasteiger partial charge on any atom is -0.313 e. The number of anilines is 1. The first-order valence-corrected chi connectivity index (χ1v) is 7.59. The highest BCUT2D eigenvalue weighted by molar-refractivity contribution is 7.16. The highest BCUT2D eigenvalue weighted by Crippen LogP contribution is 2.23. The monoisotopic (exact) mass is 311 g/mol. The second kappa shape index (κ2) is 6.86. The van der Waals surface area contributed by atoms with Gasteiger partial charge in [-0.15, -0.1) is 11.3 Å². The molecular formula is C15H15ClFNOS. The van der Waals surface area contributed by atoms with Crippen molar-refractivity contribution in [2.24, 2.45) is 0 Å². The Kier molecular flexibility index (Phi) is 5.15. The van der Waals surface area contributed by atoms with E-state index in [4.69, 9.17) is 11.6 Å². The number of benzene rings is 1. The molecule has 1 heterocycles. The van der Waals surface area contributed by atoms with E-state index in [0.717, 1.165) is 14.9 Å². The molecule has 0 saturated carbocycles. The lowest BCUT2D eigenvalue weighted by Gasteiger charge is -2.21. The SMILES string of the molecule is CCN(C(=O)CCc1ccc(Cl)s1)c1ccc(F)cc1. The quantitative estimate of drug-likeness (QED) is 0.794. The fourth-order valence-corrected chi connectivity index (χ4v) is 3.06. The fraction of sp³-hybridized carbons (Fsp3) is 0.267. The van der Waals surface area contributed by atoms with Crippen molar-refractivity contribution in [1.82, 2.24) is 0 Å². The van der Waals surface area contributed by atoms with Crippen LogP contribution in [0.1, 0.15) is 18.2 Å². The maximum atomic E-state index is 12.9. The summed E-state index contributed by atoms with van der Waals surface area (Å²) in [5.74, 6) is -0.269. The van der Waals surface area contributed by atoms with Crippen LogP contribution >= 0.6 is 22.9 Å². The van der Waals surface area contributed by atoms with Crippen LogP contribution in [0.15, 0.2) is 36.4 Å². The van der Waals surface area contributed by atoms with Crippen molar-refractivity contribution in [3.63, 3.8) is 0 Å². The molecule has 1 aromatic heterocycles. The van der Waals surface area contributed by atoms with E-state index in [0.29, 0.717) is 19.4 Å². The minimum absolute atomic E-state index is 0.0311. The number of amides is 1. The molecular weight excluding hydrogens is 297 g/mol. The van der Waals surface area contributed by atoms with Crippen LogP contribution in [0, 0.1) is 5.82 Å². The van der Waals surface area contributed by atoms with E-state index in [1.807, 2.05) is 19.1 Å². The van der Waals surface area contributed by atoms with Gasteiger partial charge in [-0.25, -0.2) is 4.39 Å². The third-order valence-electron chi connectivity index (χ3n) is 2.97. The van der Waals surface area contributed by atoms with Gasteiger partial charge in [0.05, 0.1) is 4.34 Å². The van der Waals surface area contributed by atoms with Gasteiger partial charge in [-0.1, -0.05) is 11.6 Å². The summed E-state index contributed by atoms with van der Waals surface area (Å²) in [5.41, 5.74) is 0.725. The Labute approximate surface area is 126 Å². The molecule has 0 saturated heterocycles. The van der Waals surface area contributed by atoms with E-state index in [-0.39, 0.29) is 11.7 Å². The van der Waals surface area contributed by atoms with Crippen LogP contribution in [-0.2, 0) is 11.2 Å². The number of thiophene rings is 1. The Hall–Kier alpha value is -1.39. The van der Waals surface area contributed by atoms with Gasteiger partial charge in [-0.05, 0) is 49.7 Å². The third-order valence-corrected chi connectivity index (χ3v) is 4.26. The van der Waals surface area contributed by atoms with Crippen LogP contribution < -0.4 is 4.90 Å². The summed E-state index contributed by atoms with van der Waals surface area (Å²) in [6, 6.07) is 9.75. The molecule has 5 heteroatoms. The molecule has 106 valence electrons. The maximum Gasteiger partial charge on any atom is 0.227 e. The standard InChI is InChI=1S/C15H15ClFNOS/c1-2-18(12-5-3-11(17)4-6-12)15(19)10-8-13-7-9-14(16)20-13/h3-7,9H,2,8,10H2,1H3. The Morgan fingerprint density at radius 3 is 2.50 bits per heavy atom. The number of carbonyl (C=O) groups excluding carboxylic acids is 1. The average Bonchev–Trinajstić information content (AvgIpc) is 2.85. The van der Waals surface area contributed by atoms with Crippen LogP contribution in [0.4, 0.5) is 10.1 Å². The highest BCUT2D eigenvalue weighted by Gasteiger charge is 2.14. The normalized spacial score (nSPS) is 10.6. The summed E-state index contributed by atoms with van der Waals surface area (Å²) in [6.07, 6.45) is 1.09. The number of rotatable bonds is 5. The van der Waals surface area contributed by atoms with Gasteiger partial charge in [0.2, 0.25) is 5.91 Å². The van der Waals surface area contributed by atoms with E-state index in [2.05, 4.69) is 0 Å². The lowest BCUT2D eigenvalue weighted by Crippen LogP contribution is -2.30. The van der Waals surface area contributed by atoms with Gasteiger partial charge in [0, 0.05) is 23.5 Å². The van der Waals surface area contributed by atoms with E-state index >= 15 is 0 Å². The van der Waals surface area contributed by atoms with Crippen molar-refractivity contribution < 1.29 is 9.18 Å². The molecule has 0 spiro atoms. The molecule has 2 nitrogen and oxygen atoms in total. The van der Waals surface area contributed by atoms with Crippen molar-refractivity contribution in [3.05, 3.63) is 51.4 Å². The Bertz CT molecular complexity index is 582. The molecule has 0 aliphatic heterocycles. The molecule has 0 bridgehead atoms. The Morgan fingerprint density at radius 2 is 1.95 bits per heavy atom. The molecule has 0 atom stereocenters. The van der Waals surface area contributed by atoms with Gasteiger partial charge in [0.25, 0.3) is 0 Å². The molecule has 0 N–H and O–H groups in total. The maximum absolute atomic E-state index is 12.9. The number of halogens is 2. The van der Waals surface area contributed by atoms with Crippen molar-refractivity contribution in [3.8, 4) is 0 Å². The van der Waals surface area contributed by atoms with Crippen molar-refractivity contribution in [1.29, 1.82) is 0 Å². The van der Waals surface area contributed by atoms with Crippen LogP contribution in [-0.4, -0.2) is 12.5 Å². The molecule has 2 rings (SSSR count). The van der Waals surface area contributed by atoms with Gasteiger partial charge in [0.15, 0.2) is 0 Å². The molecule has 1 amide bonds. The van der Waals surface area contributed by atoms with Gasteiger partial charge in [-0.3, -0.25) is 4.79 Å². The molecule has 20 heavy (non-hydrogen) atoms. The molecule has 0 aliphatic carbocycles. The number of aryl methyl sites for hydroxylation is 1. The topological polar surface area (TPSA) is 20.3 Å². The third kappa shape index (κ3) is 3.81. The number of hydrogen-bond acceptors (Lipinski definition) is 2. The first-order chi connectivity index (χ1) is 9.60. The lowest BCUT2D eigenvalue weighted by atomic mass is 10.2. The number of hydrogen-bond donors (Lipinski definition) is 0. The molecule has 2 aromatic rings. The summed E-state index contributed by atoms with van der Waals surface area (Å²) < 4.78 is 13.6. The zero-order valence-corrected chi connectivity index (χ0v) is 12.7. The van der Waals surface area contributed by atoms with Gasteiger partial charge >= 0.3 is 0 Å². The number of carbonyl (C=O) groups is 1. The Morgan fingerprint density at radius 1 is 1.25 bits per heavy atom. The van der Waals surface area contributed by atoms with Crippen LogP contribution in [0.2, 0.25) is 4.34 Å². The predicted molar refractivity (Wildman–Crippen MR) is 82.1 cm³/mol. The zero-order valence-electron chi connectivity index (χ0n) is 11.1. The van der Waals surface area contributed by atoms with Gasteiger partial charge in [0.1, 0.15) is 5.82 Å². The average molecular weight is 312 g/mol. The van der Waals surface area contributed by atoms with E-state index in [1.165, 1.54) is 23.5 Å². The van der Waals surface area contributed by atoms with Crippen molar-refractivity contribution in [2.45, 2.75) is 19.8 Å². The van der Waals surface area contributed by atoms with Gasteiger partial charge in [-0.2, -0.15) is 0 Å². The van der Waals surface area contributed by atoms with Crippen LogP contribution in [0.3, 0.4) is 0 Å². The van der Waals surface area contributed by atoms with Crippen molar-refractivity contribution >= 4 is 34.5 Å². The van der Waals surface area contributed by atoms with E-state index in [1.54, 1.807) is 17.0 Å². The summed E-state index contributed by atoms with van der Waals surface area (Å²) in [5, 5.41) is 0. The predicted octanol–water partition coefficient (Wildman–Crippen LogP) is 4.53. The van der Waals surface area contributed by atoms with E-state index < -0.39 is 0 Å². The zero-order chi connectivity index (χ0) is 14.5. The molecule has 0 radical (unpaired) electrons. The van der Waals surface area contributed by atoms with E-state index in [9.17, 15) is 9.18 Å². The first-order valence-electron chi connectivity index (χ1n) is 6.40. The largest absolute Gasteiger partial charge is 0.313 e. The molecule has 0 fully saturated rings. The summed E-state index contributed by atoms with van der Waals surface area (Å²) >= 11 is 7.36.